The van der Waals surface area contributed by atoms with Crippen molar-refractivity contribution in [2.45, 2.75) is 25.2 Å². The van der Waals surface area contributed by atoms with Gasteiger partial charge in [0.1, 0.15) is 5.82 Å². The maximum Gasteiger partial charge on any atom is 0.263 e. The maximum atomic E-state index is 13.3. The average molecular weight is 315 g/mol. The molecule has 0 fully saturated rings. The van der Waals surface area contributed by atoms with Gasteiger partial charge in [-0.05, 0) is 31.5 Å². The Morgan fingerprint density at radius 3 is 2.70 bits per heavy atom. The molecular weight excluding hydrogens is 301 g/mol. The second-order valence-electron chi connectivity index (χ2n) is 4.16. The Kier molecular flexibility index (Phi) is 3.96. The number of anilines is 2. The zero-order valence-electron chi connectivity index (χ0n) is 11.0. The molecule has 2 aromatic rings. The first kappa shape index (κ1) is 14.7. The van der Waals surface area contributed by atoms with Crippen LogP contribution in [0.25, 0.3) is 0 Å². The van der Waals surface area contributed by atoms with Gasteiger partial charge in [-0.1, -0.05) is 6.92 Å². The second kappa shape index (κ2) is 5.37. The normalized spacial score (nSPS) is 11.6. The maximum absolute atomic E-state index is 13.3. The number of thiazole rings is 1. The summed E-state index contributed by atoms with van der Waals surface area (Å²) in [6, 6.07) is 3.36. The molecule has 0 saturated carbocycles. The van der Waals surface area contributed by atoms with Gasteiger partial charge in [-0.3, -0.25) is 4.72 Å². The molecule has 0 aliphatic heterocycles. The predicted octanol–water partition coefficient (Wildman–Crippen LogP) is 2.54. The van der Waals surface area contributed by atoms with Gasteiger partial charge in [-0.25, -0.2) is 17.8 Å². The van der Waals surface area contributed by atoms with Crippen LogP contribution in [0.1, 0.15) is 17.5 Å². The van der Waals surface area contributed by atoms with E-state index >= 15 is 0 Å². The minimum absolute atomic E-state index is 0.0951. The summed E-state index contributed by atoms with van der Waals surface area (Å²) < 4.78 is 39.9. The number of nitrogen functional groups attached to an aromatic ring is 1. The van der Waals surface area contributed by atoms with Gasteiger partial charge in [0.25, 0.3) is 10.0 Å². The van der Waals surface area contributed by atoms with Crippen LogP contribution in [-0.2, 0) is 16.4 Å². The fourth-order valence-corrected chi connectivity index (χ4v) is 3.80. The Morgan fingerprint density at radius 1 is 1.45 bits per heavy atom. The number of halogens is 1. The van der Waals surface area contributed by atoms with Crippen molar-refractivity contribution < 1.29 is 12.8 Å². The van der Waals surface area contributed by atoms with E-state index in [1.54, 1.807) is 0 Å². The minimum atomic E-state index is -3.86. The molecule has 0 spiro atoms. The van der Waals surface area contributed by atoms with Gasteiger partial charge in [0.2, 0.25) is 0 Å². The van der Waals surface area contributed by atoms with E-state index in [4.69, 9.17) is 5.73 Å². The Hall–Kier alpha value is -1.67. The third-order valence-corrected chi connectivity index (χ3v) is 5.13. The van der Waals surface area contributed by atoms with Gasteiger partial charge in [0, 0.05) is 4.88 Å². The summed E-state index contributed by atoms with van der Waals surface area (Å²) in [7, 11) is -3.86. The van der Waals surface area contributed by atoms with Crippen molar-refractivity contribution in [2.75, 3.05) is 10.5 Å². The summed E-state index contributed by atoms with van der Waals surface area (Å²) >= 11 is 1.25. The van der Waals surface area contributed by atoms with Gasteiger partial charge in [0.15, 0.2) is 5.13 Å². The van der Waals surface area contributed by atoms with Gasteiger partial charge < -0.3 is 5.73 Å². The SMILES string of the molecule is CCc1nc(NS(=O)(=O)c2ccc(N)c(F)c2)sc1C. The number of benzene rings is 1. The number of aryl methyl sites for hydroxylation is 2. The fraction of sp³-hybridized carbons (Fsp3) is 0.250. The van der Waals surface area contributed by atoms with Crippen LogP contribution in [0.5, 0.6) is 0 Å². The number of hydrogen-bond donors (Lipinski definition) is 2. The van der Waals surface area contributed by atoms with Crippen molar-refractivity contribution in [2.24, 2.45) is 0 Å². The predicted molar refractivity (Wildman–Crippen MR) is 77.8 cm³/mol. The Bertz CT molecular complexity index is 741. The molecule has 0 bridgehead atoms. The molecule has 8 heteroatoms. The monoisotopic (exact) mass is 315 g/mol. The number of rotatable bonds is 4. The van der Waals surface area contributed by atoms with Gasteiger partial charge in [0.05, 0.1) is 16.3 Å². The number of nitrogens with zero attached hydrogens (tertiary/aromatic N) is 1. The van der Waals surface area contributed by atoms with Crippen LogP contribution < -0.4 is 10.5 Å². The molecule has 0 aliphatic carbocycles. The second-order valence-corrected chi connectivity index (χ2v) is 7.05. The molecule has 3 N–H and O–H groups in total. The van der Waals surface area contributed by atoms with E-state index in [1.807, 2.05) is 13.8 Å². The molecule has 0 atom stereocenters. The van der Waals surface area contributed by atoms with Crippen molar-refractivity contribution >= 4 is 32.2 Å². The van der Waals surface area contributed by atoms with Crippen LogP contribution in [0.2, 0.25) is 0 Å². The molecule has 0 radical (unpaired) electrons. The number of aromatic nitrogens is 1. The van der Waals surface area contributed by atoms with E-state index < -0.39 is 15.8 Å². The first-order valence-electron chi connectivity index (χ1n) is 5.87. The fourth-order valence-electron chi connectivity index (χ4n) is 1.65. The number of hydrogen-bond acceptors (Lipinski definition) is 5. The number of nitrogens with one attached hydrogen (secondary N) is 1. The first-order chi connectivity index (χ1) is 9.33. The third kappa shape index (κ3) is 2.91. The third-order valence-electron chi connectivity index (χ3n) is 2.73. The molecule has 1 heterocycles. The Labute approximate surface area is 120 Å². The van der Waals surface area contributed by atoms with E-state index in [0.717, 1.165) is 23.1 Å². The Morgan fingerprint density at radius 2 is 2.15 bits per heavy atom. The van der Waals surface area contributed by atoms with Crippen LogP contribution in [0.15, 0.2) is 23.1 Å². The number of nitrogens with two attached hydrogens (primary N) is 1. The van der Waals surface area contributed by atoms with Crippen molar-refractivity contribution in [1.29, 1.82) is 0 Å². The molecule has 0 amide bonds. The highest BCUT2D eigenvalue weighted by Gasteiger charge is 2.18. The standard InChI is InChI=1S/C12H14FN3O2S2/c1-3-11-7(2)19-12(15-11)16-20(17,18)8-4-5-10(14)9(13)6-8/h4-6H,3,14H2,1-2H3,(H,15,16). The highest BCUT2D eigenvalue weighted by molar-refractivity contribution is 7.93. The molecule has 0 unspecified atom stereocenters. The highest BCUT2D eigenvalue weighted by Crippen LogP contribution is 2.25. The lowest BCUT2D eigenvalue weighted by atomic mass is 10.3. The zero-order valence-corrected chi connectivity index (χ0v) is 12.6. The molecule has 108 valence electrons. The van der Waals surface area contributed by atoms with Crippen molar-refractivity contribution in [3.63, 3.8) is 0 Å². The first-order valence-corrected chi connectivity index (χ1v) is 8.17. The summed E-state index contributed by atoms with van der Waals surface area (Å²) in [6.07, 6.45) is 0.723. The van der Waals surface area contributed by atoms with Crippen LogP contribution in [-0.4, -0.2) is 13.4 Å². The lowest BCUT2D eigenvalue weighted by Gasteiger charge is -2.06. The van der Waals surface area contributed by atoms with E-state index in [2.05, 4.69) is 9.71 Å². The van der Waals surface area contributed by atoms with Gasteiger partial charge in [-0.15, -0.1) is 11.3 Å². The summed E-state index contributed by atoms with van der Waals surface area (Å²) in [6.45, 7) is 3.81. The molecule has 0 saturated heterocycles. The van der Waals surface area contributed by atoms with Crippen LogP contribution in [0, 0.1) is 12.7 Å². The summed E-state index contributed by atoms with van der Waals surface area (Å²) in [5.74, 6) is -0.766. The highest BCUT2D eigenvalue weighted by atomic mass is 32.2. The van der Waals surface area contributed by atoms with Crippen LogP contribution in [0.3, 0.4) is 0 Å². The topological polar surface area (TPSA) is 85.1 Å². The Balaban J connectivity index is 2.32. The van der Waals surface area contributed by atoms with Gasteiger partial charge >= 0.3 is 0 Å². The lowest BCUT2D eigenvalue weighted by molar-refractivity contribution is 0.596. The smallest absolute Gasteiger partial charge is 0.263 e. The molecule has 20 heavy (non-hydrogen) atoms. The molecule has 2 rings (SSSR count). The molecule has 0 aliphatic rings. The van der Waals surface area contributed by atoms with E-state index in [1.165, 1.54) is 23.5 Å². The average Bonchev–Trinajstić information content (AvgIpc) is 2.71. The van der Waals surface area contributed by atoms with Crippen LogP contribution >= 0.6 is 11.3 Å². The van der Waals surface area contributed by atoms with Crippen molar-refractivity contribution in [3.8, 4) is 0 Å². The largest absolute Gasteiger partial charge is 0.396 e. The van der Waals surface area contributed by atoms with Gasteiger partial charge in [-0.2, -0.15) is 0 Å². The summed E-state index contributed by atoms with van der Waals surface area (Å²) in [5.41, 5.74) is 6.07. The van der Waals surface area contributed by atoms with E-state index in [9.17, 15) is 12.8 Å². The zero-order chi connectivity index (χ0) is 14.9. The lowest BCUT2D eigenvalue weighted by Crippen LogP contribution is -2.13. The van der Waals surface area contributed by atoms with Crippen LogP contribution in [0.4, 0.5) is 15.2 Å². The summed E-state index contributed by atoms with van der Waals surface area (Å²) in [5, 5.41) is 0.275. The molecule has 1 aromatic heterocycles. The molecule has 5 nitrogen and oxygen atoms in total. The van der Waals surface area contributed by atoms with E-state index in [-0.39, 0.29) is 15.7 Å². The summed E-state index contributed by atoms with van der Waals surface area (Å²) in [4.78, 5) is 4.96. The van der Waals surface area contributed by atoms with Crippen molar-refractivity contribution in [3.05, 3.63) is 34.6 Å². The quantitative estimate of drug-likeness (QED) is 0.849. The minimum Gasteiger partial charge on any atom is -0.396 e. The molecular formula is C12H14FN3O2S2. The van der Waals surface area contributed by atoms with Crippen molar-refractivity contribution in [1.82, 2.24) is 4.98 Å². The number of sulfonamides is 1. The molecule has 1 aromatic carbocycles. The van der Waals surface area contributed by atoms with E-state index in [0.29, 0.717) is 0 Å².